The number of likely N-dealkylation sites (tertiary alicyclic amines) is 1. The van der Waals surface area contributed by atoms with Gasteiger partial charge in [0.1, 0.15) is 17.2 Å². The van der Waals surface area contributed by atoms with E-state index >= 15 is 0 Å². The first-order valence-corrected chi connectivity index (χ1v) is 15.9. The lowest BCUT2D eigenvalue weighted by atomic mass is 9.69. The summed E-state index contributed by atoms with van der Waals surface area (Å²) in [6.07, 6.45) is 2.46. The second-order valence-corrected chi connectivity index (χ2v) is 13.8. The van der Waals surface area contributed by atoms with E-state index in [1.165, 1.54) is 10.4 Å². The van der Waals surface area contributed by atoms with E-state index in [0.717, 1.165) is 17.0 Å². The maximum atomic E-state index is 13.8. The lowest BCUT2D eigenvalue weighted by Gasteiger charge is -2.41. The number of carbonyl (C=O) groups excluding carboxylic acids is 2. The van der Waals surface area contributed by atoms with Gasteiger partial charge in [-0.25, -0.2) is 12.8 Å². The smallest absolute Gasteiger partial charge is 0.393 e. The van der Waals surface area contributed by atoms with Gasteiger partial charge in [-0.2, -0.15) is 17.5 Å². The number of aliphatic hydroxyl groups excluding tert-OH is 1. The van der Waals surface area contributed by atoms with Crippen LogP contribution in [0.3, 0.4) is 0 Å². The minimum absolute atomic E-state index is 0.00909. The molecule has 9 nitrogen and oxygen atoms in total. The first-order chi connectivity index (χ1) is 20.6. The number of sulfonamides is 1. The van der Waals surface area contributed by atoms with Crippen LogP contribution in [0.2, 0.25) is 0 Å². The van der Waals surface area contributed by atoms with Gasteiger partial charge in [-0.3, -0.25) is 14.6 Å². The molecule has 238 valence electrons. The minimum atomic E-state index is -4.93. The number of alkyl halides is 3. The number of hydrogen-bond acceptors (Lipinski definition) is 6. The SMILES string of the molecule is CC1=CC=CC(C)(C(=O)N2CCC(O)CC2)C1C=CS(=O)(=O)N1CCC2(CC1)N=C(c1ccc(F)c(C(F)(F)F)c1)NC2=O. The van der Waals surface area contributed by atoms with E-state index in [1.54, 1.807) is 24.0 Å². The fourth-order valence-electron chi connectivity index (χ4n) is 6.30. The van der Waals surface area contributed by atoms with E-state index in [-0.39, 0.29) is 43.2 Å². The summed E-state index contributed by atoms with van der Waals surface area (Å²) in [5.41, 5.74) is -3.17. The molecule has 0 bridgehead atoms. The molecule has 1 spiro atoms. The summed E-state index contributed by atoms with van der Waals surface area (Å²) in [7, 11) is -3.97. The number of amidine groups is 1. The van der Waals surface area contributed by atoms with Gasteiger partial charge in [-0.1, -0.05) is 29.9 Å². The number of benzene rings is 1. The van der Waals surface area contributed by atoms with E-state index in [0.29, 0.717) is 38.1 Å². The Hall–Kier alpha value is -3.36. The molecule has 2 atom stereocenters. The van der Waals surface area contributed by atoms with Crippen LogP contribution < -0.4 is 5.32 Å². The average Bonchev–Trinajstić information content (AvgIpc) is 3.27. The van der Waals surface area contributed by atoms with Gasteiger partial charge >= 0.3 is 6.18 Å². The Kier molecular flexibility index (Phi) is 8.40. The Labute approximate surface area is 253 Å². The molecule has 1 aliphatic carbocycles. The molecule has 0 saturated carbocycles. The largest absolute Gasteiger partial charge is 0.419 e. The van der Waals surface area contributed by atoms with Gasteiger partial charge in [0.25, 0.3) is 5.91 Å². The third-order valence-corrected chi connectivity index (χ3v) is 10.6. The number of aliphatic imine (C=N–C) groups is 1. The third-order valence-electron chi connectivity index (χ3n) is 9.03. The van der Waals surface area contributed by atoms with Crippen LogP contribution in [0.25, 0.3) is 0 Å². The van der Waals surface area contributed by atoms with E-state index in [9.17, 15) is 40.7 Å². The molecule has 44 heavy (non-hydrogen) atoms. The second-order valence-electron chi connectivity index (χ2n) is 12.0. The predicted molar refractivity (Wildman–Crippen MR) is 154 cm³/mol. The van der Waals surface area contributed by atoms with E-state index in [1.807, 2.05) is 13.0 Å². The fraction of sp³-hybridized carbons (Fsp3) is 0.500. The molecular formula is C30H34F4N4O5S. The number of carbonyl (C=O) groups is 2. The highest BCUT2D eigenvalue weighted by molar-refractivity contribution is 7.92. The highest BCUT2D eigenvalue weighted by Gasteiger charge is 2.48. The van der Waals surface area contributed by atoms with Crippen molar-refractivity contribution < 1.29 is 40.7 Å². The first kappa shape index (κ1) is 32.0. The van der Waals surface area contributed by atoms with Crippen LogP contribution in [0.5, 0.6) is 0 Å². The van der Waals surface area contributed by atoms with Crippen molar-refractivity contribution in [1.82, 2.24) is 14.5 Å². The molecule has 0 radical (unpaired) electrons. The monoisotopic (exact) mass is 638 g/mol. The van der Waals surface area contributed by atoms with Crippen LogP contribution in [0.15, 0.2) is 58.5 Å². The highest BCUT2D eigenvalue weighted by atomic mass is 32.2. The normalized spacial score (nSPS) is 26.7. The summed E-state index contributed by atoms with van der Waals surface area (Å²) in [5, 5.41) is 13.4. The van der Waals surface area contributed by atoms with Crippen LogP contribution in [0.1, 0.15) is 50.7 Å². The van der Waals surface area contributed by atoms with Crippen molar-refractivity contribution in [3.8, 4) is 0 Å². The van der Waals surface area contributed by atoms with Crippen molar-refractivity contribution in [2.45, 2.75) is 57.3 Å². The molecule has 2 fully saturated rings. The summed E-state index contributed by atoms with van der Waals surface area (Å²) in [5.74, 6) is -2.82. The third kappa shape index (κ3) is 5.98. The molecule has 2 saturated heterocycles. The number of nitrogens with zero attached hydrogens (tertiary/aromatic N) is 3. The van der Waals surface area contributed by atoms with Gasteiger partial charge in [0.15, 0.2) is 0 Å². The molecule has 1 aromatic rings. The molecule has 5 rings (SSSR count). The topological polar surface area (TPSA) is 119 Å². The highest BCUT2D eigenvalue weighted by Crippen LogP contribution is 2.41. The summed E-state index contributed by atoms with van der Waals surface area (Å²) in [6.45, 7) is 4.29. The van der Waals surface area contributed by atoms with E-state index < -0.39 is 56.5 Å². The molecule has 14 heteroatoms. The Bertz CT molecular complexity index is 1570. The molecule has 3 aliphatic heterocycles. The summed E-state index contributed by atoms with van der Waals surface area (Å²) in [6, 6.07) is 2.34. The van der Waals surface area contributed by atoms with Crippen LogP contribution in [-0.2, 0) is 25.8 Å². The fourth-order valence-corrected chi connectivity index (χ4v) is 7.52. The van der Waals surface area contributed by atoms with Crippen LogP contribution >= 0.6 is 0 Å². The van der Waals surface area contributed by atoms with Gasteiger partial charge in [-0.15, -0.1) is 0 Å². The summed E-state index contributed by atoms with van der Waals surface area (Å²) in [4.78, 5) is 32.6. The van der Waals surface area contributed by atoms with Crippen LogP contribution in [-0.4, -0.2) is 78.2 Å². The Morgan fingerprint density at radius 2 is 1.82 bits per heavy atom. The van der Waals surface area contributed by atoms with Gasteiger partial charge in [0.2, 0.25) is 15.9 Å². The average molecular weight is 639 g/mol. The van der Waals surface area contributed by atoms with Crippen molar-refractivity contribution in [3.05, 3.63) is 70.4 Å². The molecule has 3 heterocycles. The molecular weight excluding hydrogens is 604 g/mol. The Balaban J connectivity index is 1.30. The molecule has 1 aromatic carbocycles. The molecule has 2 unspecified atom stereocenters. The number of allylic oxidation sites excluding steroid dienone is 4. The zero-order valence-electron chi connectivity index (χ0n) is 24.3. The van der Waals surface area contributed by atoms with E-state index in [2.05, 4.69) is 10.3 Å². The molecule has 4 aliphatic rings. The number of halogens is 4. The molecule has 2 amide bonds. The first-order valence-electron chi connectivity index (χ1n) is 14.4. The number of aliphatic hydroxyl groups is 1. The van der Waals surface area contributed by atoms with Crippen molar-refractivity contribution in [2.75, 3.05) is 26.2 Å². The maximum absolute atomic E-state index is 13.8. The zero-order valence-corrected chi connectivity index (χ0v) is 25.1. The lowest BCUT2D eigenvalue weighted by molar-refractivity contribution is -0.142. The van der Waals surface area contributed by atoms with Gasteiger partial charge in [0, 0.05) is 43.1 Å². The van der Waals surface area contributed by atoms with Crippen molar-refractivity contribution >= 4 is 27.7 Å². The van der Waals surface area contributed by atoms with Gasteiger partial charge in [-0.05, 0) is 57.7 Å². The second kappa shape index (κ2) is 11.5. The molecule has 2 N–H and O–H groups in total. The number of nitrogens with one attached hydrogen (secondary N) is 1. The molecule has 0 aromatic heterocycles. The van der Waals surface area contributed by atoms with Crippen LogP contribution in [0, 0.1) is 17.2 Å². The summed E-state index contributed by atoms with van der Waals surface area (Å²) < 4.78 is 81.4. The number of hydrogen-bond donors (Lipinski definition) is 2. The van der Waals surface area contributed by atoms with Gasteiger partial charge in [0.05, 0.1) is 17.1 Å². The Morgan fingerprint density at radius 3 is 2.45 bits per heavy atom. The number of piperidine rings is 2. The maximum Gasteiger partial charge on any atom is 0.419 e. The van der Waals surface area contributed by atoms with Crippen LogP contribution in [0.4, 0.5) is 17.6 Å². The van der Waals surface area contributed by atoms with Gasteiger partial charge < -0.3 is 15.3 Å². The summed E-state index contributed by atoms with van der Waals surface area (Å²) >= 11 is 0. The number of rotatable bonds is 5. The quantitative estimate of drug-likeness (QED) is 0.479. The predicted octanol–water partition coefficient (Wildman–Crippen LogP) is 3.52. The minimum Gasteiger partial charge on any atom is -0.393 e. The van der Waals surface area contributed by atoms with Crippen molar-refractivity contribution in [3.63, 3.8) is 0 Å². The lowest BCUT2D eigenvalue weighted by Crippen LogP contribution is -2.50. The Morgan fingerprint density at radius 1 is 1.16 bits per heavy atom. The number of amides is 2. The van der Waals surface area contributed by atoms with Crippen molar-refractivity contribution in [2.24, 2.45) is 16.3 Å². The standard InChI is InChI=1S/C30H34F4N4O5S/c1-19-4-3-10-28(2,27(41)37-13-7-21(39)8-14-37)22(19)9-17-44(42,43)38-15-11-29(12-16-38)26(40)35-25(36-29)20-5-6-24(31)23(18-20)30(32,33)34/h3-6,9-10,17-18,21-22,39H,7-8,11-16H2,1-2H3,(H,35,36,40). The van der Waals surface area contributed by atoms with Crippen molar-refractivity contribution in [1.29, 1.82) is 0 Å². The zero-order chi connectivity index (χ0) is 32.1. The van der Waals surface area contributed by atoms with E-state index in [4.69, 9.17) is 0 Å².